The van der Waals surface area contributed by atoms with Crippen molar-refractivity contribution in [2.45, 2.75) is 26.3 Å². The van der Waals surface area contributed by atoms with E-state index in [2.05, 4.69) is 44.5 Å². The molecule has 0 fully saturated rings. The van der Waals surface area contributed by atoms with Crippen LogP contribution in [0.3, 0.4) is 0 Å². The third-order valence-electron chi connectivity index (χ3n) is 5.44. The van der Waals surface area contributed by atoms with Crippen LogP contribution in [0.4, 0.5) is 5.82 Å². The molecule has 0 aliphatic carbocycles. The van der Waals surface area contributed by atoms with Crippen molar-refractivity contribution in [1.29, 1.82) is 0 Å². The number of aromatic nitrogens is 4. The van der Waals surface area contributed by atoms with Crippen molar-refractivity contribution in [3.63, 3.8) is 0 Å². The summed E-state index contributed by atoms with van der Waals surface area (Å²) in [6.45, 7) is 3.99. The first kappa shape index (κ1) is 20.7. The Bertz CT molecular complexity index is 1100. The molecule has 0 saturated heterocycles. The standard InChI is InChI=1S/C23H27N7O/c1-3-20(31)30-10-8-17(9-11-30)18-13-26-22(24)21(28-18)23-27-14-19(29-23)16-6-4-15(5-7-16)12-25-2/h4-8,13-14,25H,3,9-12H2,1-2H3,(H2,24,26)(H,27,29). The van der Waals surface area contributed by atoms with Crippen molar-refractivity contribution in [3.8, 4) is 22.8 Å². The molecule has 2 aromatic heterocycles. The van der Waals surface area contributed by atoms with Gasteiger partial charge < -0.3 is 20.9 Å². The largest absolute Gasteiger partial charge is 0.382 e. The van der Waals surface area contributed by atoms with E-state index in [4.69, 9.17) is 10.7 Å². The van der Waals surface area contributed by atoms with Gasteiger partial charge in [-0.25, -0.2) is 15.0 Å². The van der Waals surface area contributed by atoms with E-state index in [1.54, 1.807) is 12.4 Å². The zero-order valence-electron chi connectivity index (χ0n) is 17.9. The van der Waals surface area contributed by atoms with Crippen molar-refractivity contribution < 1.29 is 4.79 Å². The number of rotatable bonds is 6. The molecular weight excluding hydrogens is 390 g/mol. The Morgan fingerprint density at radius 1 is 1.23 bits per heavy atom. The summed E-state index contributed by atoms with van der Waals surface area (Å²) >= 11 is 0. The highest BCUT2D eigenvalue weighted by molar-refractivity contribution is 5.78. The molecule has 8 nitrogen and oxygen atoms in total. The Labute approximate surface area is 181 Å². The molecule has 0 radical (unpaired) electrons. The number of anilines is 1. The highest BCUT2D eigenvalue weighted by atomic mass is 16.2. The maximum absolute atomic E-state index is 11.9. The minimum atomic E-state index is 0.168. The Morgan fingerprint density at radius 3 is 2.71 bits per heavy atom. The Hall–Kier alpha value is -3.52. The summed E-state index contributed by atoms with van der Waals surface area (Å²) < 4.78 is 0. The second kappa shape index (κ2) is 9.09. The highest BCUT2D eigenvalue weighted by Gasteiger charge is 2.19. The first-order valence-electron chi connectivity index (χ1n) is 10.5. The zero-order valence-corrected chi connectivity index (χ0v) is 17.9. The van der Waals surface area contributed by atoms with Crippen molar-refractivity contribution in [3.05, 3.63) is 54.0 Å². The van der Waals surface area contributed by atoms with Crippen LogP contribution in [-0.4, -0.2) is 50.9 Å². The van der Waals surface area contributed by atoms with E-state index in [1.165, 1.54) is 5.56 Å². The van der Waals surface area contributed by atoms with Crippen LogP contribution in [0, 0.1) is 0 Å². The van der Waals surface area contributed by atoms with E-state index in [0.29, 0.717) is 36.8 Å². The molecule has 160 valence electrons. The molecule has 8 heteroatoms. The van der Waals surface area contributed by atoms with Crippen LogP contribution in [0.1, 0.15) is 31.0 Å². The number of imidazole rings is 1. The topological polar surface area (TPSA) is 113 Å². The zero-order chi connectivity index (χ0) is 21.8. The predicted molar refractivity (Wildman–Crippen MR) is 122 cm³/mol. The van der Waals surface area contributed by atoms with Gasteiger partial charge in [-0.05, 0) is 30.2 Å². The van der Waals surface area contributed by atoms with Crippen molar-refractivity contribution in [2.75, 3.05) is 25.9 Å². The first-order valence-corrected chi connectivity index (χ1v) is 10.5. The summed E-state index contributed by atoms with van der Waals surface area (Å²) in [6, 6.07) is 8.30. The fourth-order valence-corrected chi connectivity index (χ4v) is 3.67. The third-order valence-corrected chi connectivity index (χ3v) is 5.44. The van der Waals surface area contributed by atoms with Gasteiger partial charge in [0, 0.05) is 26.1 Å². The lowest BCUT2D eigenvalue weighted by Crippen LogP contribution is -2.34. The minimum Gasteiger partial charge on any atom is -0.382 e. The summed E-state index contributed by atoms with van der Waals surface area (Å²) in [5.74, 6) is 1.08. The first-order chi connectivity index (χ1) is 15.1. The smallest absolute Gasteiger partial charge is 0.222 e. The van der Waals surface area contributed by atoms with E-state index >= 15 is 0 Å². The molecule has 0 saturated carbocycles. The normalized spacial score (nSPS) is 13.9. The molecule has 0 unspecified atom stereocenters. The molecule has 3 heterocycles. The van der Waals surface area contributed by atoms with Gasteiger partial charge in [0.25, 0.3) is 0 Å². The monoisotopic (exact) mass is 417 g/mol. The minimum absolute atomic E-state index is 0.168. The van der Waals surface area contributed by atoms with Gasteiger partial charge in [-0.3, -0.25) is 4.79 Å². The maximum atomic E-state index is 11.9. The van der Waals surface area contributed by atoms with Gasteiger partial charge in [-0.1, -0.05) is 37.3 Å². The Balaban J connectivity index is 1.57. The molecule has 1 aliphatic heterocycles. The number of aromatic amines is 1. The maximum Gasteiger partial charge on any atom is 0.222 e. The fourth-order valence-electron chi connectivity index (χ4n) is 3.67. The van der Waals surface area contributed by atoms with Crippen molar-refractivity contribution >= 4 is 17.3 Å². The van der Waals surface area contributed by atoms with E-state index in [0.717, 1.165) is 35.5 Å². The van der Waals surface area contributed by atoms with Crippen LogP contribution in [0.5, 0.6) is 0 Å². The van der Waals surface area contributed by atoms with Crippen LogP contribution in [-0.2, 0) is 11.3 Å². The number of amides is 1. The Morgan fingerprint density at radius 2 is 2.03 bits per heavy atom. The summed E-state index contributed by atoms with van der Waals surface area (Å²) in [6.07, 6.45) is 6.78. The fraction of sp³-hybridized carbons (Fsp3) is 0.304. The third kappa shape index (κ3) is 4.49. The van der Waals surface area contributed by atoms with Gasteiger partial charge in [0.05, 0.1) is 23.8 Å². The summed E-state index contributed by atoms with van der Waals surface area (Å²) in [5, 5.41) is 3.15. The number of carbonyl (C=O) groups is 1. The van der Waals surface area contributed by atoms with Crippen molar-refractivity contribution in [1.82, 2.24) is 30.2 Å². The second-order valence-electron chi connectivity index (χ2n) is 7.53. The van der Waals surface area contributed by atoms with Gasteiger partial charge >= 0.3 is 0 Å². The molecule has 0 bridgehead atoms. The van der Waals surface area contributed by atoms with Gasteiger partial charge in [0.15, 0.2) is 11.6 Å². The number of hydrogen-bond donors (Lipinski definition) is 3. The average molecular weight is 418 g/mol. The van der Waals surface area contributed by atoms with Crippen molar-refractivity contribution in [2.24, 2.45) is 0 Å². The van der Waals surface area contributed by atoms with Crippen LogP contribution in [0.15, 0.2) is 42.7 Å². The number of hydrogen-bond acceptors (Lipinski definition) is 6. The number of nitrogens with two attached hydrogens (primary N) is 1. The molecule has 0 atom stereocenters. The lowest BCUT2D eigenvalue weighted by atomic mass is 10.0. The number of nitrogens with one attached hydrogen (secondary N) is 2. The lowest BCUT2D eigenvalue weighted by Gasteiger charge is -2.26. The van der Waals surface area contributed by atoms with E-state index in [9.17, 15) is 4.79 Å². The quantitative estimate of drug-likeness (QED) is 0.568. The molecular formula is C23H27N7O. The van der Waals surface area contributed by atoms with Gasteiger partial charge in [0.2, 0.25) is 5.91 Å². The van der Waals surface area contributed by atoms with Crippen LogP contribution in [0.2, 0.25) is 0 Å². The molecule has 4 N–H and O–H groups in total. The number of H-pyrrole nitrogens is 1. The van der Waals surface area contributed by atoms with E-state index in [-0.39, 0.29) is 5.91 Å². The number of carbonyl (C=O) groups excluding carboxylic acids is 1. The van der Waals surface area contributed by atoms with Gasteiger partial charge in [-0.2, -0.15) is 0 Å². The summed E-state index contributed by atoms with van der Waals surface area (Å²) in [5.41, 5.74) is 11.6. The molecule has 1 amide bonds. The lowest BCUT2D eigenvalue weighted by molar-refractivity contribution is -0.130. The predicted octanol–water partition coefficient (Wildman–Crippen LogP) is 2.86. The van der Waals surface area contributed by atoms with E-state index < -0.39 is 0 Å². The van der Waals surface area contributed by atoms with E-state index in [1.807, 2.05) is 24.9 Å². The molecule has 1 aliphatic rings. The van der Waals surface area contributed by atoms with Gasteiger partial charge in [0.1, 0.15) is 5.69 Å². The number of nitrogens with zero attached hydrogens (tertiary/aromatic N) is 4. The molecule has 1 aromatic carbocycles. The van der Waals surface area contributed by atoms with Crippen LogP contribution >= 0.6 is 0 Å². The number of nitrogen functional groups attached to an aromatic ring is 1. The van der Waals surface area contributed by atoms with Crippen LogP contribution < -0.4 is 11.1 Å². The summed E-state index contributed by atoms with van der Waals surface area (Å²) in [4.78, 5) is 30.6. The average Bonchev–Trinajstić information content (AvgIpc) is 3.30. The highest BCUT2D eigenvalue weighted by Crippen LogP contribution is 2.27. The molecule has 31 heavy (non-hydrogen) atoms. The van der Waals surface area contributed by atoms with Crippen LogP contribution in [0.25, 0.3) is 28.3 Å². The van der Waals surface area contributed by atoms with Gasteiger partial charge in [-0.15, -0.1) is 0 Å². The molecule has 0 spiro atoms. The summed E-state index contributed by atoms with van der Waals surface area (Å²) in [7, 11) is 1.93. The second-order valence-corrected chi connectivity index (χ2v) is 7.53. The number of benzene rings is 1. The molecule has 3 aromatic rings. The SMILES string of the molecule is CCC(=O)N1CC=C(c2cnc(N)c(-c3ncc(-c4ccc(CNC)cc4)[nH]3)n2)CC1. The Kier molecular flexibility index (Phi) is 6.08. The molecule has 4 rings (SSSR count).